The van der Waals surface area contributed by atoms with Crippen molar-refractivity contribution in [1.29, 1.82) is 0 Å². The van der Waals surface area contributed by atoms with Gasteiger partial charge in [-0.3, -0.25) is 0 Å². The van der Waals surface area contributed by atoms with E-state index in [1.807, 2.05) is 6.92 Å². The second-order valence-corrected chi connectivity index (χ2v) is 2.65. The number of aromatic hydroxyl groups is 1. The molecule has 1 rings (SSSR count). The van der Waals surface area contributed by atoms with Crippen LogP contribution in [0.3, 0.4) is 0 Å². The number of rotatable bonds is 2. The van der Waals surface area contributed by atoms with Crippen molar-refractivity contribution in [1.82, 2.24) is 0 Å². The number of benzene rings is 1. The Bertz CT molecular complexity index is 318. The standard InChI is InChI=1S/C10H12O3/c1-3-7-8(10(12)13-2)5-4-6-9(7)11/h4-6,11H,3H2,1-2H3. The molecule has 0 amide bonds. The highest BCUT2D eigenvalue weighted by atomic mass is 16.5. The quantitative estimate of drug-likeness (QED) is 0.705. The third-order valence-electron chi connectivity index (χ3n) is 1.91. The minimum absolute atomic E-state index is 0.144. The summed E-state index contributed by atoms with van der Waals surface area (Å²) >= 11 is 0. The van der Waals surface area contributed by atoms with Gasteiger partial charge in [0.05, 0.1) is 12.7 Å². The Balaban J connectivity index is 3.20. The number of phenols is 1. The lowest BCUT2D eigenvalue weighted by atomic mass is 10.0. The molecule has 0 radical (unpaired) electrons. The molecule has 0 saturated carbocycles. The van der Waals surface area contributed by atoms with Crippen molar-refractivity contribution in [2.45, 2.75) is 13.3 Å². The van der Waals surface area contributed by atoms with Crippen molar-refractivity contribution in [2.24, 2.45) is 0 Å². The molecule has 13 heavy (non-hydrogen) atoms. The number of hydrogen-bond donors (Lipinski definition) is 1. The Morgan fingerprint density at radius 3 is 2.77 bits per heavy atom. The summed E-state index contributed by atoms with van der Waals surface area (Å²) in [5.41, 5.74) is 1.07. The molecule has 0 aliphatic carbocycles. The lowest BCUT2D eigenvalue weighted by Gasteiger charge is -2.06. The van der Waals surface area contributed by atoms with Gasteiger partial charge in [0.25, 0.3) is 0 Å². The third kappa shape index (κ3) is 1.80. The molecular formula is C10H12O3. The van der Waals surface area contributed by atoms with E-state index >= 15 is 0 Å². The summed E-state index contributed by atoms with van der Waals surface area (Å²) in [6, 6.07) is 4.83. The smallest absolute Gasteiger partial charge is 0.338 e. The number of ether oxygens (including phenoxy) is 1. The predicted octanol–water partition coefficient (Wildman–Crippen LogP) is 1.74. The first-order valence-corrected chi connectivity index (χ1v) is 4.09. The lowest BCUT2D eigenvalue weighted by Crippen LogP contribution is -2.05. The van der Waals surface area contributed by atoms with Crippen LogP contribution in [0.25, 0.3) is 0 Å². The van der Waals surface area contributed by atoms with Gasteiger partial charge in [0.1, 0.15) is 5.75 Å². The van der Waals surface area contributed by atoms with Crippen LogP contribution >= 0.6 is 0 Å². The van der Waals surface area contributed by atoms with Gasteiger partial charge < -0.3 is 9.84 Å². The monoisotopic (exact) mass is 180 g/mol. The van der Waals surface area contributed by atoms with Crippen LogP contribution < -0.4 is 0 Å². The number of phenolic OH excluding ortho intramolecular Hbond substituents is 1. The fourth-order valence-corrected chi connectivity index (χ4v) is 1.25. The van der Waals surface area contributed by atoms with E-state index in [-0.39, 0.29) is 5.75 Å². The highest BCUT2D eigenvalue weighted by Gasteiger charge is 2.12. The summed E-state index contributed by atoms with van der Waals surface area (Å²) in [7, 11) is 1.33. The lowest BCUT2D eigenvalue weighted by molar-refractivity contribution is 0.0599. The first-order chi connectivity index (χ1) is 6.20. The Labute approximate surface area is 77.0 Å². The van der Waals surface area contributed by atoms with Crippen molar-refractivity contribution in [3.63, 3.8) is 0 Å². The summed E-state index contributed by atoms with van der Waals surface area (Å²) in [5.74, 6) is -0.266. The molecule has 3 nitrogen and oxygen atoms in total. The van der Waals surface area contributed by atoms with Crippen molar-refractivity contribution in [3.05, 3.63) is 29.3 Å². The fraction of sp³-hybridized carbons (Fsp3) is 0.300. The van der Waals surface area contributed by atoms with Crippen LogP contribution in [-0.2, 0) is 11.2 Å². The zero-order chi connectivity index (χ0) is 9.84. The molecular weight excluding hydrogens is 168 g/mol. The minimum atomic E-state index is -0.409. The van der Waals surface area contributed by atoms with Crippen LogP contribution in [0.4, 0.5) is 0 Å². The molecule has 70 valence electrons. The maximum absolute atomic E-state index is 11.2. The van der Waals surface area contributed by atoms with Crippen LogP contribution in [0.2, 0.25) is 0 Å². The molecule has 1 N–H and O–H groups in total. The largest absolute Gasteiger partial charge is 0.508 e. The van der Waals surface area contributed by atoms with Crippen LogP contribution in [-0.4, -0.2) is 18.2 Å². The van der Waals surface area contributed by atoms with Gasteiger partial charge in [-0.2, -0.15) is 0 Å². The second-order valence-electron chi connectivity index (χ2n) is 2.65. The van der Waals surface area contributed by atoms with Gasteiger partial charge >= 0.3 is 5.97 Å². The average Bonchev–Trinajstić information content (AvgIpc) is 2.16. The molecule has 0 heterocycles. The van der Waals surface area contributed by atoms with Crippen LogP contribution in [0.5, 0.6) is 5.75 Å². The van der Waals surface area contributed by atoms with Crippen molar-refractivity contribution < 1.29 is 14.6 Å². The third-order valence-corrected chi connectivity index (χ3v) is 1.91. The Kier molecular flexibility index (Phi) is 2.90. The zero-order valence-corrected chi connectivity index (χ0v) is 7.70. The molecule has 0 fully saturated rings. The van der Waals surface area contributed by atoms with E-state index in [0.717, 1.165) is 0 Å². The SMILES string of the molecule is CCc1c(O)cccc1C(=O)OC. The summed E-state index contributed by atoms with van der Waals surface area (Å²) in [6.07, 6.45) is 0.608. The van der Waals surface area contributed by atoms with Gasteiger partial charge in [-0.25, -0.2) is 4.79 Å². The predicted molar refractivity (Wildman–Crippen MR) is 48.8 cm³/mol. The van der Waals surface area contributed by atoms with Crippen molar-refractivity contribution in [3.8, 4) is 5.75 Å². The number of esters is 1. The molecule has 0 atom stereocenters. The van der Waals surface area contributed by atoms with Gasteiger partial charge in [-0.1, -0.05) is 13.0 Å². The minimum Gasteiger partial charge on any atom is -0.508 e. The van der Waals surface area contributed by atoms with Gasteiger partial charge in [0.2, 0.25) is 0 Å². The topological polar surface area (TPSA) is 46.5 Å². The van der Waals surface area contributed by atoms with E-state index in [1.165, 1.54) is 7.11 Å². The summed E-state index contributed by atoms with van der Waals surface area (Å²) in [5, 5.41) is 9.43. The molecule has 0 unspecified atom stereocenters. The maximum Gasteiger partial charge on any atom is 0.338 e. The summed E-state index contributed by atoms with van der Waals surface area (Å²) < 4.78 is 4.58. The van der Waals surface area contributed by atoms with E-state index in [1.54, 1.807) is 18.2 Å². The van der Waals surface area contributed by atoms with Crippen LogP contribution in [0, 0.1) is 0 Å². The number of hydrogen-bond acceptors (Lipinski definition) is 3. The second kappa shape index (κ2) is 3.94. The highest BCUT2D eigenvalue weighted by molar-refractivity contribution is 5.91. The molecule has 1 aromatic rings. The first-order valence-electron chi connectivity index (χ1n) is 4.09. The average molecular weight is 180 g/mol. The Morgan fingerprint density at radius 1 is 1.54 bits per heavy atom. The van der Waals surface area contributed by atoms with Gasteiger partial charge in [-0.15, -0.1) is 0 Å². The van der Waals surface area contributed by atoms with Gasteiger partial charge in [0, 0.05) is 5.56 Å². The maximum atomic E-state index is 11.2. The van der Waals surface area contributed by atoms with Crippen LogP contribution in [0.1, 0.15) is 22.8 Å². The van der Waals surface area contributed by atoms with E-state index in [2.05, 4.69) is 4.74 Å². The number of methoxy groups -OCH3 is 1. The highest BCUT2D eigenvalue weighted by Crippen LogP contribution is 2.21. The fourth-order valence-electron chi connectivity index (χ4n) is 1.25. The Hall–Kier alpha value is -1.51. The van der Waals surface area contributed by atoms with E-state index in [0.29, 0.717) is 17.5 Å². The molecule has 0 aromatic heterocycles. The number of carbonyl (C=O) groups excluding carboxylic acids is 1. The molecule has 0 bridgehead atoms. The normalized spacial score (nSPS) is 9.69. The Morgan fingerprint density at radius 2 is 2.23 bits per heavy atom. The zero-order valence-electron chi connectivity index (χ0n) is 7.70. The summed E-state index contributed by atoms with van der Waals surface area (Å²) in [6.45, 7) is 1.88. The van der Waals surface area contributed by atoms with Gasteiger partial charge in [-0.05, 0) is 18.6 Å². The molecule has 0 aliphatic rings. The van der Waals surface area contributed by atoms with Crippen molar-refractivity contribution >= 4 is 5.97 Å². The van der Waals surface area contributed by atoms with Gasteiger partial charge in [0.15, 0.2) is 0 Å². The van der Waals surface area contributed by atoms with Crippen molar-refractivity contribution in [2.75, 3.05) is 7.11 Å². The number of carbonyl (C=O) groups is 1. The van der Waals surface area contributed by atoms with Crippen LogP contribution in [0.15, 0.2) is 18.2 Å². The molecule has 1 aromatic carbocycles. The van der Waals surface area contributed by atoms with E-state index in [4.69, 9.17) is 0 Å². The molecule has 0 spiro atoms. The molecule has 0 saturated heterocycles. The first kappa shape index (κ1) is 9.58. The molecule has 0 aliphatic heterocycles. The summed E-state index contributed by atoms with van der Waals surface area (Å²) in [4.78, 5) is 11.2. The van der Waals surface area contributed by atoms with E-state index < -0.39 is 5.97 Å². The van der Waals surface area contributed by atoms with E-state index in [9.17, 15) is 9.90 Å². The molecule has 3 heteroatoms.